The first-order valence-electron chi connectivity index (χ1n) is 10.1. The second-order valence-electron chi connectivity index (χ2n) is 7.23. The molecule has 0 saturated carbocycles. The molecule has 0 aliphatic carbocycles. The van der Waals surface area contributed by atoms with E-state index in [2.05, 4.69) is 30.2 Å². The fourth-order valence-corrected chi connectivity index (χ4v) is 4.10. The molecule has 1 amide bonds. The third kappa shape index (κ3) is 4.68. The van der Waals surface area contributed by atoms with E-state index in [-0.39, 0.29) is 17.7 Å². The fraction of sp³-hybridized carbons (Fsp3) is 0.400. The van der Waals surface area contributed by atoms with Gasteiger partial charge in [-0.1, -0.05) is 23.2 Å². The minimum Gasteiger partial charge on any atom is -0.491 e. The van der Waals surface area contributed by atoms with Crippen LogP contribution in [-0.2, 0) is 0 Å². The molecule has 0 atom stereocenters. The van der Waals surface area contributed by atoms with Gasteiger partial charge >= 0.3 is 0 Å². The van der Waals surface area contributed by atoms with Crippen molar-refractivity contribution < 1.29 is 9.53 Å². The molecule has 1 aliphatic rings. The van der Waals surface area contributed by atoms with E-state index in [4.69, 9.17) is 33.7 Å². The number of halogens is 2. The van der Waals surface area contributed by atoms with Gasteiger partial charge in [-0.05, 0) is 45.0 Å². The number of fused-ring (bicyclic) bond motifs is 1. The topological polar surface area (TPSA) is 122 Å². The molecule has 0 unspecified atom stereocenters. The second-order valence-corrected chi connectivity index (χ2v) is 8.05. The lowest BCUT2D eigenvalue weighted by Gasteiger charge is -2.16. The maximum Gasteiger partial charge on any atom is 0.287 e. The van der Waals surface area contributed by atoms with Crippen molar-refractivity contribution in [2.45, 2.75) is 19.8 Å². The Morgan fingerprint density at radius 2 is 2.00 bits per heavy atom. The number of benzene rings is 1. The quantitative estimate of drug-likeness (QED) is 0.491. The number of anilines is 1. The molecule has 0 spiro atoms. The van der Waals surface area contributed by atoms with Gasteiger partial charge in [0, 0.05) is 18.7 Å². The van der Waals surface area contributed by atoms with Crippen molar-refractivity contribution in [3.05, 3.63) is 28.0 Å². The van der Waals surface area contributed by atoms with Crippen LogP contribution in [0.1, 0.15) is 30.4 Å². The van der Waals surface area contributed by atoms with Crippen LogP contribution in [-0.4, -0.2) is 63.5 Å². The predicted molar refractivity (Wildman–Crippen MR) is 121 cm³/mol. The van der Waals surface area contributed by atoms with Gasteiger partial charge in [-0.2, -0.15) is 4.98 Å². The highest BCUT2D eigenvalue weighted by Crippen LogP contribution is 2.38. The smallest absolute Gasteiger partial charge is 0.287 e. The average Bonchev–Trinajstić information content (AvgIpc) is 3.39. The number of amides is 1. The summed E-state index contributed by atoms with van der Waals surface area (Å²) in [5, 5.41) is 3.45. The van der Waals surface area contributed by atoms with E-state index in [0.717, 1.165) is 19.6 Å². The molecule has 1 aliphatic heterocycles. The van der Waals surface area contributed by atoms with Crippen LogP contribution in [0.15, 0.2) is 12.1 Å². The molecule has 4 rings (SSSR count). The summed E-state index contributed by atoms with van der Waals surface area (Å²) in [6, 6.07) is 3.32. The molecular formula is C20H23Cl2N7O2. The van der Waals surface area contributed by atoms with Crippen LogP contribution in [0.3, 0.4) is 0 Å². The zero-order valence-electron chi connectivity index (χ0n) is 17.0. The molecule has 3 aromatic rings. The van der Waals surface area contributed by atoms with Gasteiger partial charge in [0.05, 0.1) is 10.0 Å². The molecule has 31 heavy (non-hydrogen) atoms. The number of hydrogen-bond donors (Lipinski definition) is 3. The Morgan fingerprint density at radius 3 is 2.74 bits per heavy atom. The van der Waals surface area contributed by atoms with Crippen molar-refractivity contribution in [3.63, 3.8) is 0 Å². The molecule has 1 saturated heterocycles. The summed E-state index contributed by atoms with van der Waals surface area (Å²) in [7, 11) is 0. The molecule has 9 nitrogen and oxygen atoms in total. The molecule has 2 aromatic heterocycles. The van der Waals surface area contributed by atoms with Crippen LogP contribution in [0, 0.1) is 0 Å². The summed E-state index contributed by atoms with van der Waals surface area (Å²) in [5.41, 5.74) is 7.54. The molecule has 0 radical (unpaired) electrons. The normalized spacial score (nSPS) is 14.3. The largest absolute Gasteiger partial charge is 0.491 e. The first-order chi connectivity index (χ1) is 15.0. The van der Waals surface area contributed by atoms with E-state index in [1.165, 1.54) is 12.8 Å². The number of nitrogens with two attached hydrogens (primary N) is 1. The van der Waals surface area contributed by atoms with E-state index < -0.39 is 0 Å². The Labute approximate surface area is 189 Å². The number of H-pyrrole nitrogens is 1. The highest BCUT2D eigenvalue weighted by Gasteiger charge is 2.20. The zero-order chi connectivity index (χ0) is 22.0. The first-order valence-corrected chi connectivity index (χ1v) is 10.9. The summed E-state index contributed by atoms with van der Waals surface area (Å²) in [6.07, 6.45) is 2.44. The van der Waals surface area contributed by atoms with Gasteiger partial charge in [0.25, 0.3) is 5.91 Å². The number of imidazole rings is 1. The maximum absolute atomic E-state index is 12.2. The monoisotopic (exact) mass is 463 g/mol. The lowest BCUT2D eigenvalue weighted by Crippen LogP contribution is -2.25. The van der Waals surface area contributed by atoms with Gasteiger partial charge in [0.1, 0.15) is 23.6 Å². The Hall–Kier alpha value is -2.62. The summed E-state index contributed by atoms with van der Waals surface area (Å²) in [4.78, 5) is 30.3. The second kappa shape index (κ2) is 9.25. The lowest BCUT2D eigenvalue weighted by molar-refractivity contribution is 0.0946. The molecule has 0 bridgehead atoms. The van der Waals surface area contributed by atoms with Gasteiger partial charge in [-0.25, -0.2) is 9.97 Å². The molecule has 1 aromatic carbocycles. The molecule has 3 heterocycles. The van der Waals surface area contributed by atoms with Crippen molar-refractivity contribution in [3.8, 4) is 17.0 Å². The van der Waals surface area contributed by atoms with Gasteiger partial charge < -0.3 is 20.8 Å². The minimum atomic E-state index is -0.349. The van der Waals surface area contributed by atoms with Crippen molar-refractivity contribution in [1.82, 2.24) is 30.2 Å². The highest BCUT2D eigenvalue weighted by molar-refractivity contribution is 6.37. The molecule has 164 valence electrons. The van der Waals surface area contributed by atoms with Gasteiger partial charge in [0.15, 0.2) is 11.5 Å². The number of rotatable bonds is 7. The minimum absolute atomic E-state index is 0.0242. The van der Waals surface area contributed by atoms with E-state index in [9.17, 15) is 4.79 Å². The van der Waals surface area contributed by atoms with Gasteiger partial charge in [-0.15, -0.1) is 0 Å². The van der Waals surface area contributed by atoms with Crippen LogP contribution < -0.4 is 15.8 Å². The third-order valence-electron chi connectivity index (χ3n) is 5.05. The number of aromatic nitrogens is 4. The Bertz CT molecular complexity index is 1110. The molecule has 11 heteroatoms. The Kier molecular flexibility index (Phi) is 6.45. The average molecular weight is 464 g/mol. The predicted octanol–water partition coefficient (Wildman–Crippen LogP) is 3.13. The fourth-order valence-electron chi connectivity index (χ4n) is 3.57. The van der Waals surface area contributed by atoms with Crippen LogP contribution >= 0.6 is 23.2 Å². The molecule has 1 fully saturated rings. The maximum atomic E-state index is 12.2. The zero-order valence-corrected chi connectivity index (χ0v) is 18.6. The SMILES string of the molecule is CCNC(=O)c1nc2c(-c3cc(OCCN4CCCC4)c(Cl)cc3Cl)nc(N)nc2[nH]1. The van der Waals surface area contributed by atoms with Crippen LogP contribution in [0.5, 0.6) is 5.75 Å². The van der Waals surface area contributed by atoms with E-state index in [1.54, 1.807) is 12.1 Å². The number of nitrogens with zero attached hydrogens (tertiary/aromatic N) is 4. The number of nitrogens with one attached hydrogen (secondary N) is 2. The lowest BCUT2D eigenvalue weighted by atomic mass is 10.1. The number of hydrogen-bond acceptors (Lipinski definition) is 7. The third-order valence-corrected chi connectivity index (χ3v) is 5.66. The van der Waals surface area contributed by atoms with Crippen LogP contribution in [0.25, 0.3) is 22.4 Å². The van der Waals surface area contributed by atoms with E-state index >= 15 is 0 Å². The van der Waals surface area contributed by atoms with E-state index in [0.29, 0.717) is 51.4 Å². The van der Waals surface area contributed by atoms with Crippen LogP contribution in [0.4, 0.5) is 5.95 Å². The van der Waals surface area contributed by atoms with Crippen molar-refractivity contribution in [2.75, 3.05) is 38.5 Å². The van der Waals surface area contributed by atoms with Crippen molar-refractivity contribution in [1.29, 1.82) is 0 Å². The Morgan fingerprint density at radius 1 is 1.23 bits per heavy atom. The number of aromatic amines is 1. The van der Waals surface area contributed by atoms with Crippen molar-refractivity contribution >= 4 is 46.2 Å². The summed E-state index contributed by atoms with van der Waals surface area (Å²) in [6.45, 7) is 5.81. The standard InChI is InChI=1S/C20H23Cl2N7O2/c1-2-24-19(30)18-25-16-15(26-20(23)28-17(16)27-18)11-9-14(13(22)10-12(11)21)31-8-7-29-5-3-4-6-29/h9-10H,2-8H2,1H3,(H,24,30)(H3,23,25,26,27,28). The highest BCUT2D eigenvalue weighted by atomic mass is 35.5. The number of carbonyl (C=O) groups is 1. The first kappa shape index (κ1) is 21.6. The number of ether oxygens (including phenoxy) is 1. The van der Waals surface area contributed by atoms with Crippen LogP contribution in [0.2, 0.25) is 10.0 Å². The molecular weight excluding hydrogens is 441 g/mol. The number of likely N-dealkylation sites (tertiary alicyclic amines) is 1. The Balaban J connectivity index is 1.68. The summed E-state index contributed by atoms with van der Waals surface area (Å²) < 4.78 is 5.93. The number of nitrogen functional groups attached to an aromatic ring is 1. The molecule has 4 N–H and O–H groups in total. The summed E-state index contributed by atoms with van der Waals surface area (Å²) in [5.74, 6) is 0.282. The number of carbonyl (C=O) groups excluding carboxylic acids is 1. The van der Waals surface area contributed by atoms with Gasteiger partial charge in [-0.3, -0.25) is 9.69 Å². The van der Waals surface area contributed by atoms with Crippen molar-refractivity contribution in [2.24, 2.45) is 0 Å². The van der Waals surface area contributed by atoms with E-state index in [1.807, 2.05) is 6.92 Å². The summed E-state index contributed by atoms with van der Waals surface area (Å²) >= 11 is 12.8. The van der Waals surface area contributed by atoms with Gasteiger partial charge in [0.2, 0.25) is 5.95 Å².